The maximum absolute atomic E-state index is 13.9. The van der Waals surface area contributed by atoms with Crippen LogP contribution in [0.4, 0.5) is 5.69 Å². The quantitative estimate of drug-likeness (QED) is 0.126. The predicted molar refractivity (Wildman–Crippen MR) is 180 cm³/mol. The molecule has 0 radical (unpaired) electrons. The van der Waals surface area contributed by atoms with Crippen LogP contribution in [0.25, 0.3) is 0 Å². The number of esters is 1. The minimum absolute atomic E-state index is 0.0905. The zero-order chi connectivity index (χ0) is 36.1. The van der Waals surface area contributed by atoms with E-state index in [9.17, 15) is 28.8 Å². The zero-order valence-corrected chi connectivity index (χ0v) is 28.4. The van der Waals surface area contributed by atoms with Crippen LogP contribution in [-0.4, -0.2) is 78.8 Å². The predicted octanol–water partition coefficient (Wildman–Crippen LogP) is 4.00. The van der Waals surface area contributed by atoms with Gasteiger partial charge in [-0.3, -0.25) is 24.0 Å². The highest BCUT2D eigenvalue weighted by atomic mass is 16.5. The van der Waals surface area contributed by atoms with Crippen molar-refractivity contribution in [3.63, 3.8) is 0 Å². The number of likely N-dealkylation sites (tertiary alicyclic amines) is 1. The number of anilines is 1. The minimum atomic E-state index is -1.24. The Morgan fingerprint density at radius 3 is 2.43 bits per heavy atom. The van der Waals surface area contributed by atoms with E-state index in [1.165, 1.54) is 19.1 Å². The van der Waals surface area contributed by atoms with E-state index in [0.29, 0.717) is 54.9 Å². The van der Waals surface area contributed by atoms with Crippen LogP contribution >= 0.6 is 0 Å². The molecule has 0 unspecified atom stereocenters. The Balaban J connectivity index is 1.86. The number of aryl methyl sites for hydroxylation is 1. The number of carboxylic acids is 1. The maximum Gasteiger partial charge on any atom is 0.329 e. The molecule has 13 nitrogen and oxygen atoms in total. The van der Waals surface area contributed by atoms with Gasteiger partial charge in [-0.25, -0.2) is 4.79 Å². The number of ether oxygens (including phenoxy) is 3. The van der Waals surface area contributed by atoms with Gasteiger partial charge in [0.25, 0.3) is 5.91 Å². The maximum atomic E-state index is 13.9. The van der Waals surface area contributed by atoms with Gasteiger partial charge in [-0.05, 0) is 73.6 Å². The van der Waals surface area contributed by atoms with Crippen molar-refractivity contribution >= 4 is 41.1 Å². The molecule has 13 heteroatoms. The normalized spacial score (nSPS) is 14.9. The van der Waals surface area contributed by atoms with Crippen molar-refractivity contribution in [3.8, 4) is 11.5 Å². The number of carbonyl (C=O) groups excluding carboxylic acids is 5. The molecule has 1 fully saturated rings. The number of carbonyl (C=O) groups is 6. The Bertz CT molecular complexity index is 1550. The summed E-state index contributed by atoms with van der Waals surface area (Å²) in [5, 5.41) is 14.2. The fourth-order valence-corrected chi connectivity index (χ4v) is 5.41. The molecule has 0 aliphatic carbocycles. The molecule has 0 spiro atoms. The monoisotopic (exact) mass is 679 g/mol. The van der Waals surface area contributed by atoms with Crippen LogP contribution < -0.4 is 20.1 Å². The number of aliphatic carboxylic acids is 1. The van der Waals surface area contributed by atoms with Gasteiger partial charge in [0, 0.05) is 25.2 Å². The second-order valence-electron chi connectivity index (χ2n) is 12.4. The summed E-state index contributed by atoms with van der Waals surface area (Å²) < 4.78 is 16.9. The lowest BCUT2D eigenvalue weighted by atomic mass is 9.86. The number of methoxy groups -OCH3 is 2. The number of carboxylic acid groups (broad SMARTS) is 1. The van der Waals surface area contributed by atoms with Crippen molar-refractivity contribution in [2.75, 3.05) is 32.6 Å². The average molecular weight is 680 g/mol. The summed E-state index contributed by atoms with van der Waals surface area (Å²) in [4.78, 5) is 77.0. The molecule has 2 atom stereocenters. The number of nitrogens with one attached hydrogen (secondary N) is 2. The summed E-state index contributed by atoms with van der Waals surface area (Å²) in [6.07, 6.45) is 2.02. The number of benzene rings is 2. The van der Waals surface area contributed by atoms with Crippen molar-refractivity contribution in [2.24, 2.45) is 5.41 Å². The van der Waals surface area contributed by atoms with E-state index < -0.39 is 53.0 Å². The molecule has 2 aromatic rings. The third-order valence-electron chi connectivity index (χ3n) is 8.24. The molecular weight excluding hydrogens is 634 g/mol. The van der Waals surface area contributed by atoms with E-state index in [2.05, 4.69) is 17.2 Å². The fourth-order valence-electron chi connectivity index (χ4n) is 5.41. The highest BCUT2D eigenvalue weighted by Crippen LogP contribution is 2.32. The van der Waals surface area contributed by atoms with Gasteiger partial charge in [0.2, 0.25) is 17.6 Å². The summed E-state index contributed by atoms with van der Waals surface area (Å²) in [6, 6.07) is 11.2. The van der Waals surface area contributed by atoms with Crippen LogP contribution in [0.2, 0.25) is 0 Å². The van der Waals surface area contributed by atoms with E-state index in [-0.39, 0.29) is 25.9 Å². The first-order valence-corrected chi connectivity index (χ1v) is 16.1. The van der Waals surface area contributed by atoms with Gasteiger partial charge in [-0.1, -0.05) is 38.6 Å². The summed E-state index contributed by atoms with van der Waals surface area (Å²) in [5.41, 5.74) is 0.598. The highest BCUT2D eigenvalue weighted by Gasteiger charge is 2.42. The summed E-state index contributed by atoms with van der Waals surface area (Å²) in [7, 11) is 3.07. The largest absolute Gasteiger partial charge is 0.493 e. The molecule has 1 heterocycles. The highest BCUT2D eigenvalue weighted by molar-refractivity contribution is 6.38. The van der Waals surface area contributed by atoms with Crippen molar-refractivity contribution < 1.29 is 48.1 Å². The van der Waals surface area contributed by atoms with Crippen LogP contribution in [0.5, 0.6) is 11.5 Å². The molecule has 1 aliphatic rings. The van der Waals surface area contributed by atoms with Crippen molar-refractivity contribution in [1.82, 2.24) is 10.2 Å². The Morgan fingerprint density at radius 1 is 1.02 bits per heavy atom. The van der Waals surface area contributed by atoms with Crippen molar-refractivity contribution in [1.29, 1.82) is 0 Å². The van der Waals surface area contributed by atoms with Crippen molar-refractivity contribution in [2.45, 2.75) is 70.9 Å². The van der Waals surface area contributed by atoms with Gasteiger partial charge >= 0.3 is 11.9 Å². The lowest BCUT2D eigenvalue weighted by Crippen LogP contribution is -2.54. The molecule has 3 rings (SSSR count). The minimum Gasteiger partial charge on any atom is -0.493 e. The Morgan fingerprint density at radius 2 is 1.76 bits per heavy atom. The standard InChI is InChI=1S/C36H45N3O10/c1-6-30(40)37-22-36(2,3)33(44)34(45)39-19-8-7-12-26(39)35(46)49-27(15-13-23-14-16-28(47-4)29(20-23)48-5)24-10-9-11-25(21-24)38-31(41)17-18-32(42)43/h6,9-11,14,16,20-21,26-27H,1,7-8,12-13,15,17-19,22H2,2-5H3,(H,37,40)(H,38,41)(H,42,43)/t26-,27+/m0/s1. The van der Waals surface area contributed by atoms with Gasteiger partial charge < -0.3 is 34.9 Å². The molecular formula is C36H45N3O10. The first kappa shape index (κ1) is 38.2. The Hall–Kier alpha value is -5.20. The second-order valence-corrected chi connectivity index (χ2v) is 12.4. The van der Waals surface area contributed by atoms with E-state index in [0.717, 1.165) is 11.6 Å². The number of hydrogen-bond acceptors (Lipinski definition) is 9. The summed E-state index contributed by atoms with van der Waals surface area (Å²) in [6.45, 7) is 6.58. The molecule has 264 valence electrons. The lowest BCUT2D eigenvalue weighted by molar-refractivity contribution is -0.164. The van der Waals surface area contributed by atoms with Gasteiger partial charge in [0.15, 0.2) is 11.5 Å². The van der Waals surface area contributed by atoms with Crippen LogP contribution in [0.3, 0.4) is 0 Å². The van der Waals surface area contributed by atoms with Crippen LogP contribution in [0.1, 0.15) is 69.6 Å². The van der Waals surface area contributed by atoms with Gasteiger partial charge in [0.05, 0.1) is 26.1 Å². The third-order valence-corrected chi connectivity index (χ3v) is 8.24. The zero-order valence-electron chi connectivity index (χ0n) is 28.4. The molecule has 3 amide bonds. The number of rotatable bonds is 17. The van der Waals surface area contributed by atoms with Crippen molar-refractivity contribution in [3.05, 3.63) is 66.2 Å². The first-order chi connectivity index (χ1) is 23.3. The van der Waals surface area contributed by atoms with E-state index in [4.69, 9.17) is 19.3 Å². The number of nitrogens with zero attached hydrogens (tertiary/aromatic N) is 1. The van der Waals surface area contributed by atoms with Crippen LogP contribution in [0.15, 0.2) is 55.1 Å². The Labute approximate surface area is 286 Å². The fraction of sp³-hybridized carbons (Fsp3) is 0.444. The SMILES string of the molecule is C=CC(=O)NCC(C)(C)C(=O)C(=O)N1CCCC[C@H]1C(=O)O[C@H](CCc1ccc(OC)c(OC)c1)c1cccc(NC(=O)CCC(=O)O)c1. The van der Waals surface area contributed by atoms with Gasteiger partial charge in [0.1, 0.15) is 12.1 Å². The average Bonchev–Trinajstić information content (AvgIpc) is 3.10. The number of Topliss-reactive ketones (excluding diaryl/α,β-unsaturated/α-hetero) is 1. The molecule has 0 bridgehead atoms. The third kappa shape index (κ3) is 10.9. The second kappa shape index (κ2) is 17.8. The molecule has 0 saturated carbocycles. The molecule has 2 aromatic carbocycles. The molecule has 1 saturated heterocycles. The van der Waals surface area contributed by atoms with Gasteiger partial charge in [-0.2, -0.15) is 0 Å². The molecule has 49 heavy (non-hydrogen) atoms. The number of ketones is 1. The van der Waals surface area contributed by atoms with Crippen LogP contribution in [-0.2, 0) is 39.9 Å². The van der Waals surface area contributed by atoms with E-state index in [1.807, 2.05) is 12.1 Å². The first-order valence-electron chi connectivity index (χ1n) is 16.1. The van der Waals surface area contributed by atoms with Crippen LogP contribution in [0, 0.1) is 5.41 Å². The number of hydrogen-bond donors (Lipinski definition) is 3. The smallest absolute Gasteiger partial charge is 0.329 e. The van der Waals surface area contributed by atoms with E-state index >= 15 is 0 Å². The summed E-state index contributed by atoms with van der Waals surface area (Å²) >= 11 is 0. The number of piperidine rings is 1. The Kier molecular flexibility index (Phi) is 13.9. The van der Waals surface area contributed by atoms with Gasteiger partial charge in [-0.15, -0.1) is 0 Å². The molecule has 1 aliphatic heterocycles. The van der Waals surface area contributed by atoms with E-state index in [1.54, 1.807) is 44.2 Å². The molecule has 3 N–H and O–H groups in total. The molecule has 0 aromatic heterocycles. The number of amides is 3. The summed E-state index contributed by atoms with van der Waals surface area (Å²) in [5.74, 6) is -3.20. The topological polar surface area (TPSA) is 178 Å². The lowest BCUT2D eigenvalue weighted by Gasteiger charge is -2.36.